The van der Waals surface area contributed by atoms with Crippen LogP contribution < -0.4 is 10.6 Å². The van der Waals surface area contributed by atoms with Gasteiger partial charge in [0, 0.05) is 19.3 Å². The van der Waals surface area contributed by atoms with Crippen molar-refractivity contribution in [1.82, 2.24) is 10.6 Å². The molecule has 19 heavy (non-hydrogen) atoms. The fourth-order valence-corrected chi connectivity index (χ4v) is 1.48. The van der Waals surface area contributed by atoms with Gasteiger partial charge in [0.15, 0.2) is 0 Å². The summed E-state index contributed by atoms with van der Waals surface area (Å²) < 4.78 is 0. The lowest BCUT2D eigenvalue weighted by Gasteiger charge is -2.05. The molecule has 0 aliphatic carbocycles. The summed E-state index contributed by atoms with van der Waals surface area (Å²) in [5.74, 6) is -0.352. The van der Waals surface area contributed by atoms with Crippen LogP contribution in [0.5, 0.6) is 0 Å². The second-order valence-electron chi connectivity index (χ2n) is 4.15. The number of hydrogen-bond donors (Lipinski definition) is 2. The van der Waals surface area contributed by atoms with Crippen LogP contribution in [0.3, 0.4) is 0 Å². The molecule has 4 nitrogen and oxygen atoms in total. The minimum absolute atomic E-state index is 0.104. The lowest BCUT2D eigenvalue weighted by molar-refractivity contribution is -0.117. The van der Waals surface area contributed by atoms with E-state index in [0.717, 1.165) is 24.9 Å². The normalized spacial score (nSPS) is 10.6. The largest absolute Gasteiger partial charge is 0.390 e. The Labute approximate surface area is 114 Å². The summed E-state index contributed by atoms with van der Waals surface area (Å²) in [5.41, 5.74) is 1.11. The number of benzene rings is 1. The number of hydrogen-bond acceptors (Lipinski definition) is 3. The molecule has 0 fully saturated rings. The van der Waals surface area contributed by atoms with Crippen molar-refractivity contribution in [2.24, 2.45) is 0 Å². The van der Waals surface area contributed by atoms with E-state index in [2.05, 4.69) is 17.6 Å². The van der Waals surface area contributed by atoms with Gasteiger partial charge in [0.25, 0.3) is 5.91 Å². The molecule has 0 radical (unpaired) electrons. The molecular weight excluding hydrogens is 238 g/mol. The molecule has 4 heteroatoms. The van der Waals surface area contributed by atoms with Crippen molar-refractivity contribution >= 4 is 5.91 Å². The minimum atomic E-state index is -0.352. The molecule has 0 aromatic heterocycles. The number of rotatable bonds is 7. The van der Waals surface area contributed by atoms with Crippen LogP contribution in [0, 0.1) is 11.3 Å². The highest BCUT2D eigenvalue weighted by molar-refractivity contribution is 5.97. The van der Waals surface area contributed by atoms with E-state index < -0.39 is 0 Å². The number of carbonyl (C=O) groups excluding carboxylic acids is 1. The molecule has 0 heterocycles. The molecule has 0 unspecified atom stereocenters. The molecule has 0 aliphatic rings. The summed E-state index contributed by atoms with van der Waals surface area (Å²) >= 11 is 0. The maximum absolute atomic E-state index is 11.8. The summed E-state index contributed by atoms with van der Waals surface area (Å²) in [6.45, 7) is 3.28. The van der Waals surface area contributed by atoms with E-state index in [-0.39, 0.29) is 11.5 Å². The standard InChI is InChI=1S/C15H19N3O/c1-2-3-9-17-12-14(10-16)15(19)18-11-13-7-5-4-6-8-13/h4-8,12,17H,2-3,9,11H2,1H3,(H,18,19)/b14-12-. The Morgan fingerprint density at radius 1 is 1.37 bits per heavy atom. The number of carbonyl (C=O) groups is 1. The van der Waals surface area contributed by atoms with Gasteiger partial charge < -0.3 is 10.6 Å². The molecule has 100 valence electrons. The molecule has 0 saturated heterocycles. The summed E-state index contributed by atoms with van der Waals surface area (Å²) in [7, 11) is 0. The molecule has 0 atom stereocenters. The monoisotopic (exact) mass is 257 g/mol. The number of nitriles is 1. The number of nitrogens with one attached hydrogen (secondary N) is 2. The van der Waals surface area contributed by atoms with Crippen LogP contribution in [-0.4, -0.2) is 12.5 Å². The van der Waals surface area contributed by atoms with Crippen LogP contribution in [0.1, 0.15) is 25.3 Å². The van der Waals surface area contributed by atoms with Crippen LogP contribution in [0.4, 0.5) is 0 Å². The third-order valence-electron chi connectivity index (χ3n) is 2.58. The van der Waals surface area contributed by atoms with E-state index in [1.807, 2.05) is 36.4 Å². The third kappa shape index (κ3) is 5.73. The maximum Gasteiger partial charge on any atom is 0.263 e. The molecule has 1 rings (SSSR count). The lowest BCUT2D eigenvalue weighted by atomic mass is 10.2. The summed E-state index contributed by atoms with van der Waals surface area (Å²) in [4.78, 5) is 11.8. The Hall–Kier alpha value is -2.28. The first-order chi connectivity index (χ1) is 9.27. The van der Waals surface area contributed by atoms with Crippen LogP contribution in [0.2, 0.25) is 0 Å². The van der Waals surface area contributed by atoms with E-state index in [4.69, 9.17) is 5.26 Å². The first-order valence-electron chi connectivity index (χ1n) is 6.43. The Bertz CT molecular complexity index is 460. The zero-order chi connectivity index (χ0) is 13.9. The Morgan fingerprint density at radius 2 is 2.11 bits per heavy atom. The van der Waals surface area contributed by atoms with Crippen LogP contribution >= 0.6 is 0 Å². The number of unbranched alkanes of at least 4 members (excludes halogenated alkanes) is 1. The zero-order valence-corrected chi connectivity index (χ0v) is 11.1. The van der Waals surface area contributed by atoms with Crippen molar-refractivity contribution in [2.45, 2.75) is 26.3 Å². The van der Waals surface area contributed by atoms with E-state index in [1.165, 1.54) is 6.20 Å². The van der Waals surface area contributed by atoms with Crippen molar-refractivity contribution in [3.8, 4) is 6.07 Å². The number of amides is 1. The Balaban J connectivity index is 2.44. The molecule has 1 aromatic rings. The maximum atomic E-state index is 11.8. The highest BCUT2D eigenvalue weighted by Gasteiger charge is 2.07. The average Bonchev–Trinajstić information content (AvgIpc) is 2.46. The lowest BCUT2D eigenvalue weighted by Crippen LogP contribution is -2.25. The van der Waals surface area contributed by atoms with E-state index in [0.29, 0.717) is 6.54 Å². The summed E-state index contributed by atoms with van der Waals surface area (Å²) in [6, 6.07) is 11.5. The van der Waals surface area contributed by atoms with Crippen molar-refractivity contribution in [1.29, 1.82) is 5.26 Å². The molecule has 1 aromatic carbocycles. The van der Waals surface area contributed by atoms with Crippen molar-refractivity contribution < 1.29 is 4.79 Å². The first kappa shape index (κ1) is 14.8. The Kier molecular flexibility index (Phi) is 6.81. The smallest absolute Gasteiger partial charge is 0.263 e. The van der Waals surface area contributed by atoms with Crippen molar-refractivity contribution in [3.05, 3.63) is 47.7 Å². The highest BCUT2D eigenvalue weighted by atomic mass is 16.1. The van der Waals surface area contributed by atoms with Gasteiger partial charge in [-0.05, 0) is 12.0 Å². The van der Waals surface area contributed by atoms with E-state index >= 15 is 0 Å². The summed E-state index contributed by atoms with van der Waals surface area (Å²) in [5, 5.41) is 14.6. The molecule has 1 amide bonds. The zero-order valence-electron chi connectivity index (χ0n) is 11.1. The second kappa shape index (κ2) is 8.76. The number of nitrogens with zero attached hydrogens (tertiary/aromatic N) is 1. The SMILES string of the molecule is CCCCN/C=C(/C#N)C(=O)NCc1ccccc1. The molecule has 0 spiro atoms. The van der Waals surface area contributed by atoms with Gasteiger partial charge in [-0.1, -0.05) is 43.7 Å². The molecule has 0 bridgehead atoms. The van der Waals surface area contributed by atoms with Crippen molar-refractivity contribution in [3.63, 3.8) is 0 Å². The molecule has 2 N–H and O–H groups in total. The highest BCUT2D eigenvalue weighted by Crippen LogP contribution is 1.98. The van der Waals surface area contributed by atoms with Crippen molar-refractivity contribution in [2.75, 3.05) is 6.54 Å². The fourth-order valence-electron chi connectivity index (χ4n) is 1.48. The van der Waals surface area contributed by atoms with Gasteiger partial charge in [-0.25, -0.2) is 0 Å². The van der Waals surface area contributed by atoms with Gasteiger partial charge in [0.1, 0.15) is 11.6 Å². The second-order valence-corrected chi connectivity index (χ2v) is 4.15. The van der Waals surface area contributed by atoms with Crippen LogP contribution in [0.25, 0.3) is 0 Å². The van der Waals surface area contributed by atoms with Gasteiger partial charge in [-0.3, -0.25) is 4.79 Å². The van der Waals surface area contributed by atoms with E-state index in [1.54, 1.807) is 0 Å². The summed E-state index contributed by atoms with van der Waals surface area (Å²) in [6.07, 6.45) is 3.57. The van der Waals surface area contributed by atoms with E-state index in [9.17, 15) is 4.79 Å². The van der Waals surface area contributed by atoms with Gasteiger partial charge in [0.05, 0.1) is 0 Å². The first-order valence-corrected chi connectivity index (χ1v) is 6.43. The quantitative estimate of drug-likeness (QED) is 0.446. The fraction of sp³-hybridized carbons (Fsp3) is 0.333. The topological polar surface area (TPSA) is 64.9 Å². The predicted molar refractivity (Wildman–Crippen MR) is 74.9 cm³/mol. The predicted octanol–water partition coefficient (Wildman–Crippen LogP) is 2.10. The van der Waals surface area contributed by atoms with Crippen LogP contribution in [-0.2, 0) is 11.3 Å². The molecule has 0 aliphatic heterocycles. The minimum Gasteiger partial charge on any atom is -0.390 e. The van der Waals surface area contributed by atoms with Gasteiger partial charge in [-0.2, -0.15) is 5.26 Å². The Morgan fingerprint density at radius 3 is 2.74 bits per heavy atom. The third-order valence-corrected chi connectivity index (χ3v) is 2.58. The van der Waals surface area contributed by atoms with Gasteiger partial charge in [-0.15, -0.1) is 0 Å². The van der Waals surface area contributed by atoms with Gasteiger partial charge in [0.2, 0.25) is 0 Å². The molecular formula is C15H19N3O. The van der Waals surface area contributed by atoms with Crippen LogP contribution in [0.15, 0.2) is 42.1 Å². The molecule has 0 saturated carbocycles. The van der Waals surface area contributed by atoms with Gasteiger partial charge >= 0.3 is 0 Å². The average molecular weight is 257 g/mol.